The van der Waals surface area contributed by atoms with Crippen LogP contribution in [0.2, 0.25) is 0 Å². The Morgan fingerprint density at radius 1 is 1.50 bits per heavy atom. The van der Waals surface area contributed by atoms with E-state index < -0.39 is 6.10 Å². The van der Waals surface area contributed by atoms with Crippen molar-refractivity contribution < 1.29 is 14.9 Å². The van der Waals surface area contributed by atoms with Gasteiger partial charge in [-0.3, -0.25) is 0 Å². The summed E-state index contributed by atoms with van der Waals surface area (Å²) in [4.78, 5) is 9.36. The molecule has 0 bridgehead atoms. The molecule has 0 spiro atoms. The molecular formula is C6H12O3S. The van der Waals surface area contributed by atoms with Crippen LogP contribution in [0.1, 0.15) is 6.42 Å². The lowest BCUT2D eigenvalue weighted by atomic mass is 10.0. The van der Waals surface area contributed by atoms with E-state index in [9.17, 15) is 5.11 Å². The van der Waals surface area contributed by atoms with Gasteiger partial charge in [0.2, 0.25) is 0 Å². The van der Waals surface area contributed by atoms with Crippen LogP contribution in [0.15, 0.2) is 0 Å². The van der Waals surface area contributed by atoms with Crippen molar-refractivity contribution in [3.63, 3.8) is 0 Å². The van der Waals surface area contributed by atoms with E-state index in [1.165, 1.54) is 0 Å². The molecule has 1 heterocycles. The largest absolute Gasteiger partial charge is 0.390 e. The van der Waals surface area contributed by atoms with Crippen molar-refractivity contribution in [3.8, 4) is 0 Å². The van der Waals surface area contributed by atoms with Gasteiger partial charge in [0.15, 0.2) is 0 Å². The van der Waals surface area contributed by atoms with Crippen molar-refractivity contribution >= 4 is 12.6 Å². The van der Waals surface area contributed by atoms with Gasteiger partial charge in [0.25, 0.3) is 0 Å². The minimum Gasteiger partial charge on any atom is -0.390 e. The third kappa shape index (κ3) is 2.12. The van der Waals surface area contributed by atoms with E-state index in [1.54, 1.807) is 0 Å². The highest BCUT2D eigenvalue weighted by atomic mass is 32.1. The first kappa shape index (κ1) is 8.33. The predicted octanol–water partition coefficient (Wildman–Crippen LogP) is 0.245. The molecule has 1 saturated heterocycles. The van der Waals surface area contributed by atoms with Crippen LogP contribution in [0.25, 0.3) is 0 Å². The quantitative estimate of drug-likeness (QED) is 0.431. The second-order valence-electron chi connectivity index (χ2n) is 2.41. The molecule has 4 heteroatoms. The standard InChI is InChI=1S/C6H12O3S/c7-6-3-9-8-2-1-5(6)4-10/h5-7,10H,1-4H2/t5-,6?/m1/s1. The molecule has 1 N–H and O–H groups in total. The van der Waals surface area contributed by atoms with Crippen molar-refractivity contribution in [3.05, 3.63) is 0 Å². The molecule has 0 aromatic carbocycles. The molecule has 3 nitrogen and oxygen atoms in total. The number of hydrogen-bond donors (Lipinski definition) is 2. The lowest BCUT2D eigenvalue weighted by molar-refractivity contribution is -0.295. The van der Waals surface area contributed by atoms with Crippen molar-refractivity contribution in [2.24, 2.45) is 5.92 Å². The summed E-state index contributed by atoms with van der Waals surface area (Å²) in [6.45, 7) is 0.827. The van der Waals surface area contributed by atoms with Gasteiger partial charge < -0.3 is 5.11 Å². The minimum atomic E-state index is -0.417. The number of thiol groups is 1. The van der Waals surface area contributed by atoms with E-state index in [4.69, 9.17) is 4.89 Å². The highest BCUT2D eigenvalue weighted by Gasteiger charge is 2.20. The first-order chi connectivity index (χ1) is 4.84. The number of hydrogen-bond acceptors (Lipinski definition) is 4. The molecule has 1 unspecified atom stereocenters. The Morgan fingerprint density at radius 3 is 3.00 bits per heavy atom. The lowest BCUT2D eigenvalue weighted by Crippen LogP contribution is -2.24. The molecule has 0 aromatic heterocycles. The summed E-state index contributed by atoms with van der Waals surface area (Å²) in [5.74, 6) is 0.902. The summed E-state index contributed by atoms with van der Waals surface area (Å²) in [5, 5.41) is 9.30. The Hall–Kier alpha value is 0.230. The molecule has 1 aliphatic rings. The van der Waals surface area contributed by atoms with Crippen LogP contribution in [-0.4, -0.2) is 30.2 Å². The van der Waals surface area contributed by atoms with Gasteiger partial charge >= 0.3 is 0 Å². The molecule has 1 rings (SSSR count). The smallest absolute Gasteiger partial charge is 0.108 e. The highest BCUT2D eigenvalue weighted by Crippen LogP contribution is 2.14. The maximum absolute atomic E-state index is 9.30. The fourth-order valence-corrected chi connectivity index (χ4v) is 1.34. The highest BCUT2D eigenvalue weighted by molar-refractivity contribution is 7.80. The van der Waals surface area contributed by atoms with Gasteiger partial charge in [0, 0.05) is 0 Å². The Labute approximate surface area is 65.7 Å². The third-order valence-electron chi connectivity index (χ3n) is 1.67. The molecule has 0 aromatic rings. The zero-order valence-corrected chi connectivity index (χ0v) is 6.59. The Morgan fingerprint density at radius 2 is 2.30 bits per heavy atom. The van der Waals surface area contributed by atoms with E-state index in [0.717, 1.165) is 6.42 Å². The molecular weight excluding hydrogens is 152 g/mol. The molecule has 2 atom stereocenters. The topological polar surface area (TPSA) is 38.7 Å². The summed E-state index contributed by atoms with van der Waals surface area (Å²) >= 11 is 4.10. The third-order valence-corrected chi connectivity index (χ3v) is 2.14. The minimum absolute atomic E-state index is 0.214. The zero-order chi connectivity index (χ0) is 7.40. The fourth-order valence-electron chi connectivity index (χ4n) is 0.918. The maximum atomic E-state index is 9.30. The molecule has 0 radical (unpaired) electrons. The summed E-state index contributed by atoms with van der Waals surface area (Å²) in [6, 6.07) is 0. The number of aliphatic hydroxyl groups excluding tert-OH is 1. The molecule has 60 valence electrons. The normalized spacial score (nSPS) is 35.4. The predicted molar refractivity (Wildman–Crippen MR) is 39.9 cm³/mol. The number of aliphatic hydroxyl groups is 1. The van der Waals surface area contributed by atoms with Gasteiger partial charge in [-0.15, -0.1) is 0 Å². The summed E-state index contributed by atoms with van der Waals surface area (Å²) in [7, 11) is 0. The SMILES string of the molecule is OC1COOCC[C@@H]1CS. The lowest BCUT2D eigenvalue weighted by Gasteiger charge is -2.14. The van der Waals surface area contributed by atoms with Gasteiger partial charge in [0.05, 0.1) is 12.7 Å². The fraction of sp³-hybridized carbons (Fsp3) is 1.00. The second-order valence-corrected chi connectivity index (χ2v) is 2.77. The van der Waals surface area contributed by atoms with Gasteiger partial charge in [0.1, 0.15) is 6.61 Å². The van der Waals surface area contributed by atoms with Crippen molar-refractivity contribution in [2.75, 3.05) is 19.0 Å². The van der Waals surface area contributed by atoms with Crippen molar-refractivity contribution in [1.29, 1.82) is 0 Å². The average molecular weight is 164 g/mol. The van der Waals surface area contributed by atoms with Crippen LogP contribution >= 0.6 is 12.6 Å². The molecule has 0 amide bonds. The monoisotopic (exact) mass is 164 g/mol. The van der Waals surface area contributed by atoms with Crippen LogP contribution in [0.4, 0.5) is 0 Å². The van der Waals surface area contributed by atoms with E-state index >= 15 is 0 Å². The summed E-state index contributed by atoms with van der Waals surface area (Å²) < 4.78 is 0. The van der Waals surface area contributed by atoms with Crippen LogP contribution in [0, 0.1) is 5.92 Å². The Bertz CT molecular complexity index is 99.0. The van der Waals surface area contributed by atoms with E-state index in [-0.39, 0.29) is 12.5 Å². The van der Waals surface area contributed by atoms with Crippen molar-refractivity contribution in [2.45, 2.75) is 12.5 Å². The molecule has 10 heavy (non-hydrogen) atoms. The molecule has 0 saturated carbocycles. The van der Waals surface area contributed by atoms with E-state index in [1.807, 2.05) is 0 Å². The Balaban J connectivity index is 2.35. The maximum Gasteiger partial charge on any atom is 0.108 e. The summed E-state index contributed by atoms with van der Waals surface area (Å²) in [6.07, 6.45) is 0.407. The molecule has 1 fully saturated rings. The zero-order valence-electron chi connectivity index (χ0n) is 5.69. The van der Waals surface area contributed by atoms with Crippen LogP contribution in [-0.2, 0) is 9.78 Å². The van der Waals surface area contributed by atoms with E-state index in [2.05, 4.69) is 17.5 Å². The Kier molecular flexibility index (Phi) is 3.48. The van der Waals surface area contributed by atoms with Gasteiger partial charge in [-0.2, -0.15) is 12.6 Å². The summed E-state index contributed by atoms with van der Waals surface area (Å²) in [5.41, 5.74) is 0. The van der Waals surface area contributed by atoms with Crippen LogP contribution in [0.3, 0.4) is 0 Å². The second kappa shape index (κ2) is 4.18. The van der Waals surface area contributed by atoms with Crippen molar-refractivity contribution in [1.82, 2.24) is 0 Å². The number of rotatable bonds is 1. The average Bonchev–Trinajstić information content (AvgIpc) is 2.13. The van der Waals surface area contributed by atoms with Gasteiger partial charge in [-0.05, 0) is 18.1 Å². The molecule has 1 aliphatic heterocycles. The first-order valence-electron chi connectivity index (χ1n) is 3.38. The van der Waals surface area contributed by atoms with E-state index in [0.29, 0.717) is 12.4 Å². The van der Waals surface area contributed by atoms with Gasteiger partial charge in [-0.25, -0.2) is 9.78 Å². The van der Waals surface area contributed by atoms with Crippen LogP contribution in [0.5, 0.6) is 0 Å². The molecule has 0 aliphatic carbocycles. The van der Waals surface area contributed by atoms with Crippen LogP contribution < -0.4 is 0 Å². The van der Waals surface area contributed by atoms with Gasteiger partial charge in [-0.1, -0.05) is 0 Å². The first-order valence-corrected chi connectivity index (χ1v) is 4.01.